The summed E-state index contributed by atoms with van der Waals surface area (Å²) in [5.74, 6) is 1.45. The number of ether oxygens (including phenoxy) is 1. The molecule has 0 saturated carbocycles. The minimum atomic E-state index is -0.0939. The minimum Gasteiger partial charge on any atom is -0.468 e. The van der Waals surface area contributed by atoms with Crippen LogP contribution < -0.4 is 16.0 Å². The number of piperidine rings is 1. The molecule has 0 spiro atoms. The summed E-state index contributed by atoms with van der Waals surface area (Å²) in [7, 11) is 3.30. The molecule has 1 aromatic rings. The van der Waals surface area contributed by atoms with Gasteiger partial charge in [0.1, 0.15) is 5.76 Å². The molecule has 0 aliphatic carbocycles. The number of nitrogens with one attached hydrogen (secondary N) is 3. The number of carbonyl (C=O) groups excluding carboxylic acids is 1. The smallest absolute Gasteiger partial charge is 0.239 e. The Labute approximate surface area is 155 Å². The largest absolute Gasteiger partial charge is 0.468 e. The molecule has 1 atom stereocenters. The first-order valence-corrected chi connectivity index (χ1v) is 9.22. The molecule has 1 aliphatic rings. The Hall–Kier alpha value is -2.06. The summed E-state index contributed by atoms with van der Waals surface area (Å²) in [6.07, 6.45) is 5.43. The number of amides is 1. The van der Waals surface area contributed by atoms with Crippen LogP contribution in [-0.2, 0) is 9.53 Å². The molecular weight excluding hydrogens is 334 g/mol. The number of likely N-dealkylation sites (tertiary alicyclic amines) is 1. The lowest BCUT2D eigenvalue weighted by atomic mass is 10.1. The highest BCUT2D eigenvalue weighted by Gasteiger charge is 2.24. The Morgan fingerprint density at radius 1 is 1.31 bits per heavy atom. The van der Waals surface area contributed by atoms with Crippen molar-refractivity contribution in [2.75, 3.05) is 53.5 Å². The Kier molecular flexibility index (Phi) is 8.99. The molecule has 3 N–H and O–H groups in total. The highest BCUT2D eigenvalue weighted by molar-refractivity contribution is 5.86. The number of hydrogen-bond acceptors (Lipinski definition) is 5. The van der Waals surface area contributed by atoms with E-state index in [1.54, 1.807) is 20.4 Å². The molecule has 1 fully saturated rings. The monoisotopic (exact) mass is 365 g/mol. The zero-order valence-corrected chi connectivity index (χ0v) is 15.8. The third kappa shape index (κ3) is 6.68. The molecular formula is C18H31N5O3. The van der Waals surface area contributed by atoms with Crippen LogP contribution in [0.3, 0.4) is 0 Å². The normalized spacial score (nSPS) is 16.9. The highest BCUT2D eigenvalue weighted by Crippen LogP contribution is 2.24. The maximum Gasteiger partial charge on any atom is 0.239 e. The van der Waals surface area contributed by atoms with Crippen LogP contribution in [0.2, 0.25) is 0 Å². The Morgan fingerprint density at radius 2 is 2.12 bits per heavy atom. The fourth-order valence-electron chi connectivity index (χ4n) is 3.05. The minimum absolute atomic E-state index is 0.0939. The van der Waals surface area contributed by atoms with E-state index in [2.05, 4.69) is 25.8 Å². The summed E-state index contributed by atoms with van der Waals surface area (Å²) < 4.78 is 10.6. The van der Waals surface area contributed by atoms with Crippen LogP contribution in [0.1, 0.15) is 31.1 Å². The van der Waals surface area contributed by atoms with Crippen LogP contribution in [-0.4, -0.2) is 70.3 Å². The first kappa shape index (κ1) is 20.3. The topological polar surface area (TPSA) is 91.1 Å². The van der Waals surface area contributed by atoms with Gasteiger partial charge in [0.2, 0.25) is 5.91 Å². The van der Waals surface area contributed by atoms with Crippen LogP contribution in [0, 0.1) is 0 Å². The Bertz CT molecular complexity index is 541. The van der Waals surface area contributed by atoms with Gasteiger partial charge < -0.3 is 25.1 Å². The second kappa shape index (κ2) is 11.5. The predicted octanol–water partition coefficient (Wildman–Crippen LogP) is 0.734. The number of furan rings is 1. The zero-order valence-electron chi connectivity index (χ0n) is 15.8. The number of carbonyl (C=O) groups is 1. The van der Waals surface area contributed by atoms with Crippen molar-refractivity contribution in [1.82, 2.24) is 20.9 Å². The fraction of sp³-hybridized carbons (Fsp3) is 0.667. The van der Waals surface area contributed by atoms with Crippen LogP contribution in [0.5, 0.6) is 0 Å². The van der Waals surface area contributed by atoms with Crippen molar-refractivity contribution in [3.8, 4) is 0 Å². The summed E-state index contributed by atoms with van der Waals surface area (Å²) in [5.41, 5.74) is 0. The van der Waals surface area contributed by atoms with Gasteiger partial charge in [0.25, 0.3) is 0 Å². The molecule has 2 heterocycles. The highest BCUT2D eigenvalue weighted by atomic mass is 16.5. The molecule has 8 nitrogen and oxygen atoms in total. The van der Waals surface area contributed by atoms with Crippen LogP contribution >= 0.6 is 0 Å². The standard InChI is InChI=1S/C18H31N5O3/c1-19-18(22-14-17(24)20-8-12-25-2)21-13-15(16-7-6-11-26-16)23-9-4-3-5-10-23/h6-7,11,15H,3-5,8-10,12-14H2,1-2H3,(H,20,24)(H2,19,21,22). The third-order valence-corrected chi connectivity index (χ3v) is 4.43. The van der Waals surface area contributed by atoms with E-state index in [9.17, 15) is 4.79 Å². The average molecular weight is 365 g/mol. The molecule has 0 aromatic carbocycles. The molecule has 1 saturated heterocycles. The van der Waals surface area contributed by atoms with Crippen LogP contribution in [0.15, 0.2) is 27.8 Å². The molecule has 0 radical (unpaired) electrons. The lowest BCUT2D eigenvalue weighted by molar-refractivity contribution is -0.120. The number of guanidine groups is 1. The van der Waals surface area contributed by atoms with Crippen molar-refractivity contribution in [3.05, 3.63) is 24.2 Å². The van der Waals surface area contributed by atoms with E-state index in [0.717, 1.165) is 18.8 Å². The van der Waals surface area contributed by atoms with Crippen molar-refractivity contribution in [2.45, 2.75) is 25.3 Å². The van der Waals surface area contributed by atoms with E-state index < -0.39 is 0 Å². The molecule has 1 amide bonds. The molecule has 2 rings (SSSR count). The summed E-state index contributed by atoms with van der Waals surface area (Å²) in [4.78, 5) is 18.4. The maximum absolute atomic E-state index is 11.8. The van der Waals surface area contributed by atoms with Gasteiger partial charge in [-0.3, -0.25) is 14.7 Å². The molecule has 146 valence electrons. The van der Waals surface area contributed by atoms with E-state index in [1.807, 2.05) is 12.1 Å². The van der Waals surface area contributed by atoms with Crippen LogP contribution in [0.25, 0.3) is 0 Å². The van der Waals surface area contributed by atoms with Gasteiger partial charge in [-0.05, 0) is 38.1 Å². The average Bonchev–Trinajstić information content (AvgIpc) is 3.20. The van der Waals surface area contributed by atoms with E-state index in [4.69, 9.17) is 9.15 Å². The SMILES string of the molecule is CN=C(NCC(=O)NCCOC)NCC(c1ccco1)N1CCCCC1. The number of aliphatic imine (C=N–C) groups is 1. The summed E-state index contributed by atoms with van der Waals surface area (Å²) >= 11 is 0. The quantitative estimate of drug-likeness (QED) is 0.340. The van der Waals surface area contributed by atoms with Gasteiger partial charge in [0, 0.05) is 27.2 Å². The second-order valence-electron chi connectivity index (χ2n) is 6.28. The van der Waals surface area contributed by atoms with Gasteiger partial charge in [-0.2, -0.15) is 0 Å². The van der Waals surface area contributed by atoms with E-state index in [-0.39, 0.29) is 18.5 Å². The van der Waals surface area contributed by atoms with Gasteiger partial charge in [-0.15, -0.1) is 0 Å². The number of methoxy groups -OCH3 is 1. The van der Waals surface area contributed by atoms with Crippen molar-refractivity contribution in [2.24, 2.45) is 4.99 Å². The molecule has 26 heavy (non-hydrogen) atoms. The van der Waals surface area contributed by atoms with Gasteiger partial charge in [0.15, 0.2) is 5.96 Å². The lowest BCUT2D eigenvalue weighted by Crippen LogP contribution is -2.47. The molecule has 1 aromatic heterocycles. The first-order valence-electron chi connectivity index (χ1n) is 9.22. The van der Waals surface area contributed by atoms with E-state index >= 15 is 0 Å². The Morgan fingerprint density at radius 3 is 2.77 bits per heavy atom. The summed E-state index contributed by atoms with van der Waals surface area (Å²) in [6.45, 7) is 3.97. The van der Waals surface area contributed by atoms with Crippen molar-refractivity contribution >= 4 is 11.9 Å². The predicted molar refractivity (Wildman–Crippen MR) is 101 cm³/mol. The second-order valence-corrected chi connectivity index (χ2v) is 6.28. The van der Waals surface area contributed by atoms with E-state index in [1.165, 1.54) is 19.3 Å². The molecule has 1 unspecified atom stereocenters. The van der Waals surface area contributed by atoms with Gasteiger partial charge >= 0.3 is 0 Å². The number of rotatable bonds is 9. The van der Waals surface area contributed by atoms with Crippen molar-refractivity contribution < 1.29 is 13.9 Å². The van der Waals surface area contributed by atoms with Crippen molar-refractivity contribution in [3.63, 3.8) is 0 Å². The van der Waals surface area contributed by atoms with Gasteiger partial charge in [-0.25, -0.2) is 0 Å². The van der Waals surface area contributed by atoms with Gasteiger partial charge in [0.05, 0.1) is 25.5 Å². The summed E-state index contributed by atoms with van der Waals surface area (Å²) in [6, 6.07) is 4.09. The third-order valence-electron chi connectivity index (χ3n) is 4.43. The number of nitrogens with zero attached hydrogens (tertiary/aromatic N) is 2. The van der Waals surface area contributed by atoms with E-state index in [0.29, 0.717) is 25.7 Å². The summed E-state index contributed by atoms with van der Waals surface area (Å²) in [5, 5.41) is 9.12. The Balaban J connectivity index is 1.82. The first-order chi connectivity index (χ1) is 12.7. The maximum atomic E-state index is 11.8. The molecule has 0 bridgehead atoms. The zero-order chi connectivity index (χ0) is 18.6. The lowest BCUT2D eigenvalue weighted by Gasteiger charge is -2.33. The van der Waals surface area contributed by atoms with Gasteiger partial charge in [-0.1, -0.05) is 6.42 Å². The van der Waals surface area contributed by atoms with Crippen LogP contribution in [0.4, 0.5) is 0 Å². The fourth-order valence-corrected chi connectivity index (χ4v) is 3.05. The molecule has 1 aliphatic heterocycles. The molecule has 8 heteroatoms. The number of hydrogen-bond donors (Lipinski definition) is 3. The van der Waals surface area contributed by atoms with Crippen molar-refractivity contribution in [1.29, 1.82) is 0 Å².